The fraction of sp³-hybridized carbons (Fsp3) is 0.474. The van der Waals surface area contributed by atoms with Crippen LogP contribution in [-0.2, 0) is 23.9 Å². The zero-order valence-electron chi connectivity index (χ0n) is 14.7. The zero-order valence-corrected chi connectivity index (χ0v) is 14.7. The second-order valence-electron chi connectivity index (χ2n) is 6.78. The molecule has 3 rings (SSSR count). The second-order valence-corrected chi connectivity index (χ2v) is 6.78. The van der Waals surface area contributed by atoms with Crippen molar-refractivity contribution in [3.8, 4) is 0 Å². The predicted molar refractivity (Wildman–Crippen MR) is 92.9 cm³/mol. The van der Waals surface area contributed by atoms with Crippen LogP contribution in [0, 0.1) is 18.8 Å². The van der Waals surface area contributed by atoms with Gasteiger partial charge >= 0.3 is 5.97 Å². The molecule has 0 spiro atoms. The Bertz CT molecular complexity index is 721. The fourth-order valence-corrected chi connectivity index (χ4v) is 3.61. The largest absolute Gasteiger partial charge is 0.454 e. The smallest absolute Gasteiger partial charge is 0.326 e. The molecule has 2 aliphatic rings. The zero-order chi connectivity index (χ0) is 18.7. The minimum absolute atomic E-state index is 0.291. The summed E-state index contributed by atoms with van der Waals surface area (Å²) in [6, 6.07) is 7.25. The van der Waals surface area contributed by atoms with Gasteiger partial charge in [0, 0.05) is 5.69 Å². The third-order valence-electron chi connectivity index (χ3n) is 5.00. The first-order valence-electron chi connectivity index (χ1n) is 8.83. The number of carbonyl (C=O) groups is 4. The highest BCUT2D eigenvalue weighted by molar-refractivity contribution is 6.07. The van der Waals surface area contributed by atoms with Gasteiger partial charge in [0.1, 0.15) is 6.54 Å². The van der Waals surface area contributed by atoms with Gasteiger partial charge in [0.25, 0.3) is 5.91 Å². The van der Waals surface area contributed by atoms with E-state index in [2.05, 4.69) is 5.32 Å². The van der Waals surface area contributed by atoms with Crippen molar-refractivity contribution in [1.82, 2.24) is 4.90 Å². The van der Waals surface area contributed by atoms with Crippen molar-refractivity contribution in [2.24, 2.45) is 11.8 Å². The highest BCUT2D eigenvalue weighted by Crippen LogP contribution is 2.37. The van der Waals surface area contributed by atoms with Gasteiger partial charge in [-0.2, -0.15) is 0 Å². The summed E-state index contributed by atoms with van der Waals surface area (Å²) in [6.07, 6.45) is 3.24. The van der Waals surface area contributed by atoms with E-state index in [1.165, 1.54) is 0 Å². The quantitative estimate of drug-likeness (QED) is 0.638. The van der Waals surface area contributed by atoms with Crippen LogP contribution in [0.5, 0.6) is 0 Å². The van der Waals surface area contributed by atoms with Gasteiger partial charge in [-0.15, -0.1) is 0 Å². The Morgan fingerprint density at radius 3 is 2.35 bits per heavy atom. The summed E-state index contributed by atoms with van der Waals surface area (Å²) in [7, 11) is 0. The first-order chi connectivity index (χ1) is 12.5. The van der Waals surface area contributed by atoms with Crippen LogP contribution in [-0.4, -0.2) is 41.7 Å². The fourth-order valence-electron chi connectivity index (χ4n) is 3.61. The normalized spacial score (nSPS) is 22.1. The van der Waals surface area contributed by atoms with Gasteiger partial charge in [-0.3, -0.25) is 24.1 Å². The van der Waals surface area contributed by atoms with Gasteiger partial charge in [0.2, 0.25) is 11.8 Å². The van der Waals surface area contributed by atoms with E-state index in [1.54, 1.807) is 12.1 Å². The summed E-state index contributed by atoms with van der Waals surface area (Å²) in [4.78, 5) is 49.5. The van der Waals surface area contributed by atoms with E-state index >= 15 is 0 Å². The third-order valence-corrected chi connectivity index (χ3v) is 5.00. The molecule has 1 N–H and O–H groups in total. The van der Waals surface area contributed by atoms with Crippen molar-refractivity contribution < 1.29 is 23.9 Å². The minimum Gasteiger partial charge on any atom is -0.454 e. The Morgan fingerprint density at radius 2 is 1.73 bits per heavy atom. The highest BCUT2D eigenvalue weighted by atomic mass is 16.5. The van der Waals surface area contributed by atoms with Crippen molar-refractivity contribution in [3.05, 3.63) is 29.8 Å². The number of hydrogen-bond donors (Lipinski definition) is 1. The van der Waals surface area contributed by atoms with E-state index in [4.69, 9.17) is 4.74 Å². The third kappa shape index (κ3) is 3.76. The molecule has 138 valence electrons. The van der Waals surface area contributed by atoms with E-state index in [9.17, 15) is 19.2 Å². The van der Waals surface area contributed by atoms with Crippen LogP contribution in [0.1, 0.15) is 31.2 Å². The monoisotopic (exact) mass is 358 g/mol. The summed E-state index contributed by atoms with van der Waals surface area (Å²) >= 11 is 0. The van der Waals surface area contributed by atoms with Crippen LogP contribution in [0.25, 0.3) is 0 Å². The molecule has 1 saturated heterocycles. The lowest BCUT2D eigenvalue weighted by Crippen LogP contribution is -2.37. The molecule has 0 bridgehead atoms. The van der Waals surface area contributed by atoms with E-state index < -0.39 is 25.0 Å². The van der Waals surface area contributed by atoms with Gasteiger partial charge in [-0.1, -0.05) is 31.0 Å². The molecule has 3 amide bonds. The minimum atomic E-state index is -0.759. The molecule has 2 fully saturated rings. The number of nitrogens with one attached hydrogen (secondary N) is 1. The lowest BCUT2D eigenvalue weighted by Gasteiger charge is -2.19. The van der Waals surface area contributed by atoms with Crippen LogP contribution < -0.4 is 5.32 Å². The van der Waals surface area contributed by atoms with E-state index in [0.717, 1.165) is 23.3 Å². The molecule has 0 aromatic heterocycles. The average Bonchev–Trinajstić information content (AvgIpc) is 2.87. The van der Waals surface area contributed by atoms with Crippen molar-refractivity contribution in [3.63, 3.8) is 0 Å². The van der Waals surface area contributed by atoms with Crippen LogP contribution in [0.4, 0.5) is 5.69 Å². The number of aryl methyl sites for hydroxylation is 1. The molecular weight excluding hydrogens is 336 g/mol. The summed E-state index contributed by atoms with van der Waals surface area (Å²) in [5.41, 5.74) is 1.53. The topological polar surface area (TPSA) is 92.8 Å². The van der Waals surface area contributed by atoms with E-state index in [0.29, 0.717) is 18.5 Å². The SMILES string of the molecule is Cc1ccccc1NC(=O)COC(=O)CN1C(=O)C2CCCCC2C1=O. The summed E-state index contributed by atoms with van der Waals surface area (Å²) in [6.45, 7) is 0.963. The van der Waals surface area contributed by atoms with Crippen molar-refractivity contribution >= 4 is 29.4 Å². The number of likely N-dealkylation sites (tertiary alicyclic amines) is 1. The number of esters is 1. The lowest BCUT2D eigenvalue weighted by molar-refractivity contribution is -0.154. The first-order valence-corrected chi connectivity index (χ1v) is 8.83. The number of carbonyl (C=O) groups excluding carboxylic acids is 4. The molecule has 1 aliphatic carbocycles. The van der Waals surface area contributed by atoms with Crippen molar-refractivity contribution in [2.45, 2.75) is 32.6 Å². The molecule has 7 nitrogen and oxygen atoms in total. The summed E-state index contributed by atoms with van der Waals surface area (Å²) in [5, 5.41) is 2.65. The van der Waals surface area contributed by atoms with Gasteiger partial charge < -0.3 is 10.1 Å². The number of hydrogen-bond acceptors (Lipinski definition) is 5. The predicted octanol–water partition coefficient (Wildman–Crippen LogP) is 1.65. The number of nitrogens with zero attached hydrogens (tertiary/aromatic N) is 1. The van der Waals surface area contributed by atoms with Crippen LogP contribution in [0.3, 0.4) is 0 Å². The Hall–Kier alpha value is -2.70. The van der Waals surface area contributed by atoms with Crippen molar-refractivity contribution in [2.75, 3.05) is 18.5 Å². The summed E-state index contributed by atoms with van der Waals surface area (Å²) in [5.74, 6) is -2.41. The molecule has 2 unspecified atom stereocenters. The molecule has 26 heavy (non-hydrogen) atoms. The number of benzene rings is 1. The Morgan fingerprint density at radius 1 is 1.12 bits per heavy atom. The highest BCUT2D eigenvalue weighted by Gasteiger charge is 2.48. The Labute approximate surface area is 151 Å². The second kappa shape index (κ2) is 7.68. The molecule has 1 saturated carbocycles. The molecule has 0 radical (unpaired) electrons. The Balaban J connectivity index is 1.50. The van der Waals surface area contributed by atoms with E-state index in [-0.39, 0.29) is 23.7 Å². The number of ether oxygens (including phenoxy) is 1. The molecule has 2 atom stereocenters. The first kappa shape index (κ1) is 18.1. The lowest BCUT2D eigenvalue weighted by atomic mass is 9.81. The maximum atomic E-state index is 12.3. The summed E-state index contributed by atoms with van der Waals surface area (Å²) < 4.78 is 4.93. The van der Waals surface area contributed by atoms with E-state index in [1.807, 2.05) is 19.1 Å². The van der Waals surface area contributed by atoms with Gasteiger partial charge in [-0.05, 0) is 31.4 Å². The van der Waals surface area contributed by atoms with Crippen LogP contribution in [0.2, 0.25) is 0 Å². The number of rotatable bonds is 5. The standard InChI is InChI=1S/C19H22N2O5/c1-12-6-2-5-9-15(12)20-16(22)11-26-17(23)10-21-18(24)13-7-3-4-8-14(13)19(21)25/h2,5-6,9,13-14H,3-4,7-8,10-11H2,1H3,(H,20,22). The molecule has 1 aromatic carbocycles. The molecular formula is C19H22N2O5. The Kier molecular flexibility index (Phi) is 5.35. The maximum Gasteiger partial charge on any atom is 0.326 e. The van der Waals surface area contributed by atoms with Crippen LogP contribution >= 0.6 is 0 Å². The molecule has 1 heterocycles. The number of anilines is 1. The number of amides is 3. The van der Waals surface area contributed by atoms with Gasteiger partial charge in [-0.25, -0.2) is 0 Å². The molecule has 7 heteroatoms. The maximum absolute atomic E-state index is 12.3. The number of fused-ring (bicyclic) bond motifs is 1. The number of imide groups is 1. The number of para-hydroxylation sites is 1. The molecule has 1 aliphatic heterocycles. The van der Waals surface area contributed by atoms with Gasteiger partial charge in [0.15, 0.2) is 6.61 Å². The molecule has 1 aromatic rings. The average molecular weight is 358 g/mol. The van der Waals surface area contributed by atoms with Gasteiger partial charge in [0.05, 0.1) is 11.8 Å². The van der Waals surface area contributed by atoms with Crippen LogP contribution in [0.15, 0.2) is 24.3 Å². The van der Waals surface area contributed by atoms with Crippen molar-refractivity contribution in [1.29, 1.82) is 0 Å².